The molecule has 0 saturated carbocycles. The summed E-state index contributed by atoms with van der Waals surface area (Å²) in [6.07, 6.45) is 1.40. The Balaban J connectivity index is 2.12. The van der Waals surface area contributed by atoms with Crippen LogP contribution in [-0.2, 0) is 4.79 Å². The zero-order chi connectivity index (χ0) is 13.0. The fraction of sp³-hybridized carbons (Fsp3) is 0.182. The minimum atomic E-state index is -0.0850. The first kappa shape index (κ1) is 12.4. The molecule has 1 saturated heterocycles. The molecule has 94 valence electrons. The molecular weight excluding hydrogens is 254 g/mol. The predicted octanol–water partition coefficient (Wildman–Crippen LogP) is 0.954. The van der Waals surface area contributed by atoms with Crippen molar-refractivity contribution in [2.75, 3.05) is 12.9 Å². The summed E-state index contributed by atoms with van der Waals surface area (Å²) in [7, 11) is 1.47. The van der Waals surface area contributed by atoms with E-state index in [-0.39, 0.29) is 11.7 Å². The molecule has 2 N–H and O–H groups in total. The van der Waals surface area contributed by atoms with Gasteiger partial charge in [-0.05, 0) is 12.1 Å². The van der Waals surface area contributed by atoms with Gasteiger partial charge in [-0.3, -0.25) is 4.79 Å². The first-order valence-corrected chi connectivity index (χ1v) is 6.09. The molecule has 0 unspecified atom stereocenters. The lowest BCUT2D eigenvalue weighted by Gasteiger charge is -2.04. The molecule has 18 heavy (non-hydrogen) atoms. The van der Waals surface area contributed by atoms with Crippen LogP contribution in [0.4, 0.5) is 0 Å². The van der Waals surface area contributed by atoms with E-state index in [2.05, 4.69) is 15.5 Å². The molecule has 0 aromatic heterocycles. The van der Waals surface area contributed by atoms with Gasteiger partial charge in [-0.25, -0.2) is 0 Å². The second-order valence-electron chi connectivity index (χ2n) is 3.38. The van der Waals surface area contributed by atoms with Gasteiger partial charge in [0, 0.05) is 5.56 Å². The van der Waals surface area contributed by atoms with Gasteiger partial charge in [0.2, 0.25) is 5.91 Å². The van der Waals surface area contributed by atoms with Gasteiger partial charge in [0.05, 0.1) is 19.1 Å². The molecule has 1 aromatic rings. The number of rotatable bonds is 3. The molecule has 6 nitrogen and oxygen atoms in total. The number of carbonyl (C=O) groups excluding carboxylic acids is 1. The van der Waals surface area contributed by atoms with Crippen molar-refractivity contribution >= 4 is 29.1 Å². The zero-order valence-electron chi connectivity index (χ0n) is 9.58. The maximum absolute atomic E-state index is 10.9. The molecule has 0 radical (unpaired) electrons. The van der Waals surface area contributed by atoms with Crippen molar-refractivity contribution in [1.82, 2.24) is 5.32 Å². The third kappa shape index (κ3) is 2.80. The average Bonchev–Trinajstić information content (AvgIpc) is 2.77. The third-order valence-corrected chi connectivity index (χ3v) is 3.05. The largest absolute Gasteiger partial charge is 0.504 e. The number of benzene rings is 1. The SMILES string of the molecule is COc1cccc(/C=N/N=C2/NC(=O)CS2)c1O. The Labute approximate surface area is 108 Å². The number of methoxy groups -OCH3 is 1. The minimum Gasteiger partial charge on any atom is -0.504 e. The monoisotopic (exact) mass is 265 g/mol. The average molecular weight is 265 g/mol. The van der Waals surface area contributed by atoms with E-state index >= 15 is 0 Å². The number of amides is 1. The van der Waals surface area contributed by atoms with Crippen LogP contribution in [0.2, 0.25) is 0 Å². The lowest BCUT2D eigenvalue weighted by atomic mass is 10.2. The molecule has 1 aliphatic rings. The van der Waals surface area contributed by atoms with E-state index in [1.165, 1.54) is 25.1 Å². The molecule has 0 bridgehead atoms. The number of phenols is 1. The van der Waals surface area contributed by atoms with Gasteiger partial charge in [-0.2, -0.15) is 5.10 Å². The fourth-order valence-corrected chi connectivity index (χ4v) is 1.96. The van der Waals surface area contributed by atoms with Gasteiger partial charge in [0.1, 0.15) is 0 Å². The number of nitrogens with one attached hydrogen (secondary N) is 1. The van der Waals surface area contributed by atoms with Crippen LogP contribution in [0.25, 0.3) is 0 Å². The van der Waals surface area contributed by atoms with Crippen LogP contribution in [0.15, 0.2) is 28.4 Å². The Morgan fingerprint density at radius 3 is 3.06 bits per heavy atom. The smallest absolute Gasteiger partial charge is 0.236 e. The van der Waals surface area contributed by atoms with E-state index < -0.39 is 0 Å². The van der Waals surface area contributed by atoms with Crippen LogP contribution in [-0.4, -0.2) is 35.3 Å². The minimum absolute atomic E-state index is 0.00654. The van der Waals surface area contributed by atoms with E-state index in [1.807, 2.05) is 0 Å². The van der Waals surface area contributed by atoms with Crippen LogP contribution in [0.1, 0.15) is 5.56 Å². The number of phenolic OH excluding ortho intramolecular Hbond substituents is 1. The molecule has 0 spiro atoms. The summed E-state index contributed by atoms with van der Waals surface area (Å²) in [5.74, 6) is 0.652. The van der Waals surface area contributed by atoms with E-state index in [0.717, 1.165) is 0 Å². The molecule has 0 aliphatic carbocycles. The maximum atomic E-state index is 10.9. The number of amidine groups is 1. The summed E-state index contributed by atoms with van der Waals surface area (Å²) in [4.78, 5) is 10.9. The number of nitrogens with zero attached hydrogens (tertiary/aromatic N) is 2. The highest BCUT2D eigenvalue weighted by atomic mass is 32.2. The van der Waals surface area contributed by atoms with Gasteiger partial charge < -0.3 is 15.2 Å². The molecule has 7 heteroatoms. The summed E-state index contributed by atoms with van der Waals surface area (Å²) in [5, 5.41) is 20.4. The van der Waals surface area contributed by atoms with Crippen molar-refractivity contribution in [1.29, 1.82) is 0 Å². The van der Waals surface area contributed by atoms with Crippen molar-refractivity contribution in [2.45, 2.75) is 0 Å². The summed E-state index contributed by atoms with van der Waals surface area (Å²) in [6.45, 7) is 0. The van der Waals surface area contributed by atoms with E-state index in [1.54, 1.807) is 18.2 Å². The van der Waals surface area contributed by atoms with Gasteiger partial charge in [0.15, 0.2) is 16.7 Å². The molecule has 0 atom stereocenters. The molecule has 1 aliphatic heterocycles. The number of aromatic hydroxyl groups is 1. The van der Waals surface area contributed by atoms with E-state index in [9.17, 15) is 9.90 Å². The Morgan fingerprint density at radius 2 is 2.39 bits per heavy atom. The lowest BCUT2D eigenvalue weighted by molar-refractivity contribution is -0.116. The fourth-order valence-electron chi connectivity index (χ4n) is 1.33. The van der Waals surface area contributed by atoms with Crippen LogP contribution in [0, 0.1) is 0 Å². The van der Waals surface area contributed by atoms with Crippen molar-refractivity contribution in [2.24, 2.45) is 10.2 Å². The van der Waals surface area contributed by atoms with Crippen molar-refractivity contribution in [3.05, 3.63) is 23.8 Å². The highest BCUT2D eigenvalue weighted by Gasteiger charge is 2.15. The van der Waals surface area contributed by atoms with E-state index in [0.29, 0.717) is 22.2 Å². The Morgan fingerprint density at radius 1 is 1.56 bits per heavy atom. The number of hydrogen-bond donors (Lipinski definition) is 2. The van der Waals surface area contributed by atoms with Crippen LogP contribution >= 0.6 is 11.8 Å². The highest BCUT2D eigenvalue weighted by Crippen LogP contribution is 2.27. The number of thioether (sulfide) groups is 1. The first-order chi connectivity index (χ1) is 8.70. The summed E-state index contributed by atoms with van der Waals surface area (Å²) >= 11 is 1.29. The maximum Gasteiger partial charge on any atom is 0.236 e. The van der Waals surface area contributed by atoms with Crippen molar-refractivity contribution in [3.8, 4) is 11.5 Å². The van der Waals surface area contributed by atoms with Gasteiger partial charge in [0.25, 0.3) is 0 Å². The van der Waals surface area contributed by atoms with E-state index in [4.69, 9.17) is 4.74 Å². The third-order valence-electron chi connectivity index (χ3n) is 2.18. The summed E-state index contributed by atoms with van der Waals surface area (Å²) in [5.41, 5.74) is 0.494. The Bertz CT molecular complexity index is 528. The Kier molecular flexibility index (Phi) is 3.83. The van der Waals surface area contributed by atoms with Crippen molar-refractivity contribution in [3.63, 3.8) is 0 Å². The Hall–Kier alpha value is -2.02. The van der Waals surface area contributed by atoms with Crippen LogP contribution in [0.5, 0.6) is 11.5 Å². The molecule has 2 rings (SSSR count). The second kappa shape index (κ2) is 5.54. The van der Waals surface area contributed by atoms with Crippen molar-refractivity contribution < 1.29 is 14.6 Å². The summed E-state index contributed by atoms with van der Waals surface area (Å²) in [6, 6.07) is 5.06. The zero-order valence-corrected chi connectivity index (χ0v) is 10.4. The van der Waals surface area contributed by atoms with Gasteiger partial charge in [-0.1, -0.05) is 17.8 Å². The summed E-state index contributed by atoms with van der Waals surface area (Å²) < 4.78 is 4.97. The standard InChI is InChI=1S/C11H11N3O3S/c1-17-8-4-2-3-7(10(8)16)5-12-14-11-13-9(15)6-18-11/h2-5,16H,6H2,1H3,(H,13,14,15)/b12-5+. The number of carbonyl (C=O) groups is 1. The normalized spacial score (nSPS) is 17.4. The number of para-hydroxylation sites is 1. The second-order valence-corrected chi connectivity index (χ2v) is 4.35. The van der Waals surface area contributed by atoms with Crippen LogP contribution in [0.3, 0.4) is 0 Å². The molecule has 1 fully saturated rings. The quantitative estimate of drug-likeness (QED) is 0.629. The van der Waals surface area contributed by atoms with Crippen LogP contribution < -0.4 is 10.1 Å². The highest BCUT2D eigenvalue weighted by molar-refractivity contribution is 8.15. The molecule has 1 aromatic carbocycles. The molecular formula is C11H11N3O3S. The molecule has 1 amide bonds. The molecule has 1 heterocycles. The first-order valence-electron chi connectivity index (χ1n) is 5.10. The lowest BCUT2D eigenvalue weighted by Crippen LogP contribution is -2.19. The predicted molar refractivity (Wildman–Crippen MR) is 70.3 cm³/mol. The topological polar surface area (TPSA) is 83.3 Å². The van der Waals surface area contributed by atoms with Gasteiger partial charge in [-0.15, -0.1) is 5.10 Å². The number of ether oxygens (including phenoxy) is 1. The van der Waals surface area contributed by atoms with Gasteiger partial charge >= 0.3 is 0 Å². The number of hydrogen-bond acceptors (Lipinski definition) is 6.